The lowest BCUT2D eigenvalue weighted by atomic mass is 10.2. The van der Waals surface area contributed by atoms with Crippen LogP contribution in [0.1, 0.15) is 30.9 Å². The number of amides is 2. The van der Waals surface area contributed by atoms with Crippen LogP contribution in [0.25, 0.3) is 0 Å². The molecule has 0 aromatic carbocycles. The van der Waals surface area contributed by atoms with Crippen molar-refractivity contribution >= 4 is 32.3 Å². The van der Waals surface area contributed by atoms with E-state index in [1.165, 1.54) is 29.1 Å². The summed E-state index contributed by atoms with van der Waals surface area (Å²) in [5, 5.41) is 5.32. The van der Waals surface area contributed by atoms with Crippen molar-refractivity contribution < 1.29 is 13.2 Å². The Bertz CT molecular complexity index is 622. The Morgan fingerprint density at radius 1 is 1.45 bits per heavy atom. The number of aromatic nitrogens is 1. The fourth-order valence-corrected chi connectivity index (χ4v) is 4.89. The molecule has 1 atom stereocenters. The van der Waals surface area contributed by atoms with E-state index in [2.05, 4.69) is 10.3 Å². The summed E-state index contributed by atoms with van der Waals surface area (Å²) in [5.74, 6) is 0.787. The van der Waals surface area contributed by atoms with E-state index in [9.17, 15) is 13.2 Å². The van der Waals surface area contributed by atoms with Crippen LogP contribution in [0, 0.1) is 0 Å². The molecular formula is C12H17N3O3S2. The number of carbonyl (C=O) groups is 1. The lowest BCUT2D eigenvalue weighted by molar-refractivity contribution is 0.209. The number of urea groups is 1. The zero-order chi connectivity index (χ0) is 14.3. The zero-order valence-electron chi connectivity index (χ0n) is 11.2. The molecule has 0 spiro atoms. The molecule has 6 nitrogen and oxygen atoms in total. The van der Waals surface area contributed by atoms with E-state index in [1.807, 2.05) is 5.38 Å². The van der Waals surface area contributed by atoms with E-state index in [0.717, 1.165) is 5.69 Å². The molecule has 2 fully saturated rings. The topological polar surface area (TPSA) is 79.4 Å². The lowest BCUT2D eigenvalue weighted by Crippen LogP contribution is -2.40. The molecule has 1 aliphatic heterocycles. The Balaban J connectivity index is 1.60. The van der Waals surface area contributed by atoms with Crippen molar-refractivity contribution in [2.75, 3.05) is 23.9 Å². The van der Waals surface area contributed by atoms with Crippen molar-refractivity contribution in [3.8, 4) is 0 Å². The number of hydrogen-bond donors (Lipinski definition) is 1. The number of nitrogens with one attached hydrogen (secondary N) is 1. The van der Waals surface area contributed by atoms with Gasteiger partial charge < -0.3 is 4.90 Å². The first kappa shape index (κ1) is 13.8. The van der Waals surface area contributed by atoms with Gasteiger partial charge >= 0.3 is 6.03 Å². The molecule has 0 bridgehead atoms. The molecule has 0 radical (unpaired) electrons. The molecule has 1 aromatic rings. The Hall–Kier alpha value is -1.15. The number of thiazole rings is 1. The average molecular weight is 315 g/mol. The van der Waals surface area contributed by atoms with Crippen molar-refractivity contribution in [1.82, 2.24) is 9.88 Å². The highest BCUT2D eigenvalue weighted by Gasteiger charge is 2.33. The van der Waals surface area contributed by atoms with Gasteiger partial charge in [0, 0.05) is 24.4 Å². The monoisotopic (exact) mass is 315 g/mol. The molecule has 1 saturated carbocycles. The van der Waals surface area contributed by atoms with Crippen molar-refractivity contribution in [2.24, 2.45) is 0 Å². The predicted molar refractivity (Wildman–Crippen MR) is 77.9 cm³/mol. The third kappa shape index (κ3) is 2.95. The largest absolute Gasteiger partial charge is 0.323 e. The van der Waals surface area contributed by atoms with Gasteiger partial charge in [0.1, 0.15) is 0 Å². The van der Waals surface area contributed by atoms with Crippen LogP contribution in [0.5, 0.6) is 0 Å². The van der Waals surface area contributed by atoms with Crippen LogP contribution in [-0.4, -0.2) is 48.9 Å². The molecule has 2 amide bonds. The summed E-state index contributed by atoms with van der Waals surface area (Å²) in [6, 6.07) is -0.522. The van der Waals surface area contributed by atoms with E-state index >= 15 is 0 Å². The standard InChI is InChI=1S/C12H17N3O3S2/c1-15(9-4-5-20(17,18)7-9)12(16)14-11-13-10(6-19-11)8-2-3-8/h6,8-9H,2-5,7H2,1H3,(H,13,14,16). The maximum Gasteiger partial charge on any atom is 0.323 e. The summed E-state index contributed by atoms with van der Waals surface area (Å²) in [6.45, 7) is 0. The van der Waals surface area contributed by atoms with Crippen molar-refractivity contribution in [3.63, 3.8) is 0 Å². The van der Waals surface area contributed by atoms with Gasteiger partial charge in [0.2, 0.25) is 0 Å². The molecule has 2 heterocycles. The highest BCUT2D eigenvalue weighted by molar-refractivity contribution is 7.91. The number of rotatable bonds is 3. The lowest BCUT2D eigenvalue weighted by Gasteiger charge is -2.22. The van der Waals surface area contributed by atoms with Crippen LogP contribution in [-0.2, 0) is 9.84 Å². The van der Waals surface area contributed by atoms with Gasteiger partial charge in [-0.05, 0) is 19.3 Å². The number of hydrogen-bond acceptors (Lipinski definition) is 5. The average Bonchev–Trinajstić information content (AvgIpc) is 3.04. The van der Waals surface area contributed by atoms with Crippen LogP contribution in [0.2, 0.25) is 0 Å². The first-order chi connectivity index (χ1) is 9.44. The summed E-state index contributed by atoms with van der Waals surface area (Å²) in [6.07, 6.45) is 2.87. The first-order valence-corrected chi connectivity index (χ1v) is 9.34. The first-order valence-electron chi connectivity index (χ1n) is 6.64. The van der Waals surface area contributed by atoms with Gasteiger partial charge in [0.15, 0.2) is 15.0 Å². The summed E-state index contributed by atoms with van der Waals surface area (Å²) < 4.78 is 22.9. The Labute approximate surface area is 122 Å². The Kier molecular flexibility index (Phi) is 3.45. The van der Waals surface area contributed by atoms with Crippen LogP contribution in [0.15, 0.2) is 5.38 Å². The zero-order valence-corrected chi connectivity index (χ0v) is 12.8. The van der Waals surface area contributed by atoms with Crippen molar-refractivity contribution in [2.45, 2.75) is 31.2 Å². The van der Waals surface area contributed by atoms with Crippen LogP contribution >= 0.6 is 11.3 Å². The smallest absolute Gasteiger partial charge is 0.323 e. The number of carbonyl (C=O) groups excluding carboxylic acids is 1. The number of anilines is 1. The third-order valence-electron chi connectivity index (χ3n) is 3.81. The van der Waals surface area contributed by atoms with Crippen LogP contribution < -0.4 is 5.32 Å². The quantitative estimate of drug-likeness (QED) is 0.920. The third-order valence-corrected chi connectivity index (χ3v) is 6.33. The second-order valence-electron chi connectivity index (χ2n) is 5.45. The van der Waals surface area contributed by atoms with E-state index in [0.29, 0.717) is 17.5 Å². The Morgan fingerprint density at radius 3 is 2.80 bits per heavy atom. The molecule has 2 aliphatic rings. The van der Waals surface area contributed by atoms with Gasteiger partial charge in [0.05, 0.1) is 17.2 Å². The van der Waals surface area contributed by atoms with Crippen molar-refractivity contribution in [1.29, 1.82) is 0 Å². The molecule has 1 saturated heterocycles. The minimum absolute atomic E-state index is 0.0577. The maximum absolute atomic E-state index is 12.1. The molecule has 1 unspecified atom stereocenters. The van der Waals surface area contributed by atoms with Gasteiger partial charge in [-0.1, -0.05) is 0 Å². The second kappa shape index (κ2) is 5.00. The molecule has 1 aromatic heterocycles. The molecule has 8 heteroatoms. The SMILES string of the molecule is CN(C(=O)Nc1nc(C2CC2)cs1)C1CCS(=O)(=O)C1. The predicted octanol–water partition coefficient (Wildman–Crippen LogP) is 1.67. The summed E-state index contributed by atoms with van der Waals surface area (Å²) in [7, 11) is -1.35. The number of nitrogens with zero attached hydrogens (tertiary/aromatic N) is 2. The van der Waals surface area contributed by atoms with Gasteiger partial charge in [-0.15, -0.1) is 11.3 Å². The molecule has 1 N–H and O–H groups in total. The molecule has 1 aliphatic carbocycles. The minimum atomic E-state index is -2.98. The fraction of sp³-hybridized carbons (Fsp3) is 0.667. The fourth-order valence-electron chi connectivity index (χ4n) is 2.34. The highest BCUT2D eigenvalue weighted by atomic mass is 32.2. The normalized spacial score (nSPS) is 24.6. The second-order valence-corrected chi connectivity index (χ2v) is 8.54. The molecule has 3 rings (SSSR count). The van der Waals surface area contributed by atoms with E-state index in [-0.39, 0.29) is 23.6 Å². The van der Waals surface area contributed by atoms with E-state index in [1.54, 1.807) is 7.05 Å². The van der Waals surface area contributed by atoms with Gasteiger partial charge in [-0.25, -0.2) is 18.2 Å². The van der Waals surface area contributed by atoms with Gasteiger partial charge in [0.25, 0.3) is 0 Å². The molecule has 110 valence electrons. The highest BCUT2D eigenvalue weighted by Crippen LogP contribution is 2.40. The van der Waals surface area contributed by atoms with Gasteiger partial charge in [-0.2, -0.15) is 0 Å². The van der Waals surface area contributed by atoms with E-state index < -0.39 is 9.84 Å². The van der Waals surface area contributed by atoms with Crippen LogP contribution in [0.3, 0.4) is 0 Å². The maximum atomic E-state index is 12.1. The van der Waals surface area contributed by atoms with E-state index in [4.69, 9.17) is 0 Å². The summed E-state index contributed by atoms with van der Waals surface area (Å²) >= 11 is 1.42. The summed E-state index contributed by atoms with van der Waals surface area (Å²) in [5.41, 5.74) is 1.05. The number of sulfone groups is 1. The minimum Gasteiger partial charge on any atom is -0.323 e. The summed E-state index contributed by atoms with van der Waals surface area (Å²) in [4.78, 5) is 18.0. The van der Waals surface area contributed by atoms with Crippen LogP contribution in [0.4, 0.5) is 9.93 Å². The molecule has 20 heavy (non-hydrogen) atoms. The molecular weight excluding hydrogens is 298 g/mol. The van der Waals surface area contributed by atoms with Gasteiger partial charge in [-0.3, -0.25) is 5.32 Å². The Morgan fingerprint density at radius 2 is 2.20 bits per heavy atom. The van der Waals surface area contributed by atoms with Crippen molar-refractivity contribution in [3.05, 3.63) is 11.1 Å².